The zero-order chi connectivity index (χ0) is 15.1. The highest BCUT2D eigenvalue weighted by molar-refractivity contribution is 6.33. The van der Waals surface area contributed by atoms with Crippen LogP contribution in [0.25, 0.3) is 0 Å². The predicted octanol–water partition coefficient (Wildman–Crippen LogP) is 1.83. The summed E-state index contributed by atoms with van der Waals surface area (Å²) < 4.78 is 26.4. The van der Waals surface area contributed by atoms with Crippen LogP contribution < -0.4 is 5.32 Å². The third-order valence-electron chi connectivity index (χ3n) is 2.48. The zero-order valence-electron chi connectivity index (χ0n) is 10.6. The Kier molecular flexibility index (Phi) is 6.63. The quantitative estimate of drug-likeness (QED) is 0.750. The molecule has 1 aromatic carbocycles. The largest absolute Gasteiger partial charge is 0.396 e. The smallest absolute Gasteiger partial charge is 0.322 e. The Morgan fingerprint density at radius 2 is 1.95 bits per heavy atom. The molecular weight excluding hydrogens is 294 g/mol. The molecule has 0 unspecified atom stereocenters. The van der Waals surface area contributed by atoms with Crippen molar-refractivity contribution in [3.63, 3.8) is 0 Å². The molecule has 112 valence electrons. The van der Waals surface area contributed by atoms with Crippen LogP contribution in [-0.2, 0) is 0 Å². The first-order chi connectivity index (χ1) is 9.49. The first-order valence-corrected chi connectivity index (χ1v) is 6.29. The summed E-state index contributed by atoms with van der Waals surface area (Å²) in [5, 5.41) is 19.6. The molecule has 0 aliphatic heterocycles. The number of aliphatic hydroxyl groups is 2. The minimum absolute atomic E-state index is 0.0201. The summed E-state index contributed by atoms with van der Waals surface area (Å²) in [6, 6.07) is 0.788. The molecule has 1 rings (SSSR count). The molecule has 0 bridgehead atoms. The fourth-order valence-electron chi connectivity index (χ4n) is 1.54. The van der Waals surface area contributed by atoms with Crippen LogP contribution in [-0.4, -0.2) is 47.4 Å². The number of urea groups is 1. The van der Waals surface area contributed by atoms with E-state index < -0.39 is 17.7 Å². The summed E-state index contributed by atoms with van der Waals surface area (Å²) in [5.41, 5.74) is -0.329. The van der Waals surface area contributed by atoms with Gasteiger partial charge in [-0.05, 0) is 12.5 Å². The third-order valence-corrected chi connectivity index (χ3v) is 2.78. The van der Waals surface area contributed by atoms with Gasteiger partial charge in [0.25, 0.3) is 0 Å². The van der Waals surface area contributed by atoms with Crippen molar-refractivity contribution in [2.75, 3.05) is 31.6 Å². The third kappa shape index (κ3) is 4.59. The van der Waals surface area contributed by atoms with Crippen LogP contribution in [0.4, 0.5) is 19.3 Å². The SMILES string of the molecule is O=C(Nc1c(F)cc(F)cc1Cl)N(CCO)CCCO. The number of carbonyl (C=O) groups excluding carboxylic acids is 1. The van der Waals surface area contributed by atoms with Crippen LogP contribution in [0.2, 0.25) is 5.02 Å². The molecule has 0 aliphatic rings. The molecule has 0 atom stereocenters. The minimum Gasteiger partial charge on any atom is -0.396 e. The Balaban J connectivity index is 2.82. The van der Waals surface area contributed by atoms with Crippen molar-refractivity contribution in [1.29, 1.82) is 0 Å². The van der Waals surface area contributed by atoms with Gasteiger partial charge in [0.05, 0.1) is 17.3 Å². The fraction of sp³-hybridized carbons (Fsp3) is 0.417. The summed E-state index contributed by atoms with van der Waals surface area (Å²) in [6.45, 7) is -0.199. The Hall–Kier alpha value is -1.44. The zero-order valence-corrected chi connectivity index (χ0v) is 11.3. The number of hydrogen-bond acceptors (Lipinski definition) is 3. The van der Waals surface area contributed by atoms with Crippen molar-refractivity contribution in [2.45, 2.75) is 6.42 Å². The monoisotopic (exact) mass is 308 g/mol. The van der Waals surface area contributed by atoms with E-state index in [1.165, 1.54) is 4.90 Å². The van der Waals surface area contributed by atoms with E-state index in [0.717, 1.165) is 6.07 Å². The molecule has 0 aromatic heterocycles. The normalized spacial score (nSPS) is 10.4. The lowest BCUT2D eigenvalue weighted by Crippen LogP contribution is -2.38. The number of halogens is 3. The number of nitrogens with zero attached hydrogens (tertiary/aromatic N) is 1. The lowest BCUT2D eigenvalue weighted by atomic mass is 10.3. The van der Waals surface area contributed by atoms with E-state index in [0.29, 0.717) is 12.5 Å². The van der Waals surface area contributed by atoms with Crippen molar-refractivity contribution in [3.05, 3.63) is 28.8 Å². The van der Waals surface area contributed by atoms with Gasteiger partial charge < -0.3 is 20.4 Å². The van der Waals surface area contributed by atoms with Crippen molar-refractivity contribution >= 4 is 23.3 Å². The van der Waals surface area contributed by atoms with Crippen molar-refractivity contribution < 1.29 is 23.8 Å². The standard InChI is InChI=1S/C12H15ClF2N2O3/c13-9-6-8(14)7-10(15)11(9)16-12(20)17(3-5-19)2-1-4-18/h6-7,18-19H,1-5H2,(H,16,20). The van der Waals surface area contributed by atoms with Crippen LogP contribution in [0.1, 0.15) is 6.42 Å². The lowest BCUT2D eigenvalue weighted by molar-refractivity contribution is 0.180. The van der Waals surface area contributed by atoms with Gasteiger partial charge in [0, 0.05) is 25.8 Å². The Bertz CT molecular complexity index is 451. The summed E-state index contributed by atoms with van der Waals surface area (Å²) in [6.07, 6.45) is 0.313. The summed E-state index contributed by atoms with van der Waals surface area (Å²) in [7, 11) is 0. The molecule has 1 aromatic rings. The molecular formula is C12H15ClF2N2O3. The summed E-state index contributed by atoms with van der Waals surface area (Å²) >= 11 is 5.66. The second kappa shape index (κ2) is 7.98. The number of amides is 2. The highest BCUT2D eigenvalue weighted by Crippen LogP contribution is 2.26. The second-order valence-electron chi connectivity index (χ2n) is 3.96. The molecule has 5 nitrogen and oxygen atoms in total. The maximum absolute atomic E-state index is 13.5. The van der Waals surface area contributed by atoms with Gasteiger partial charge in [0.1, 0.15) is 5.82 Å². The average molecular weight is 309 g/mol. The first kappa shape index (κ1) is 16.6. The van der Waals surface area contributed by atoms with Gasteiger partial charge >= 0.3 is 6.03 Å². The topological polar surface area (TPSA) is 72.8 Å². The molecule has 0 spiro atoms. The molecule has 8 heteroatoms. The van der Waals surface area contributed by atoms with Gasteiger partial charge in [-0.15, -0.1) is 0 Å². The minimum atomic E-state index is -0.991. The van der Waals surface area contributed by atoms with Gasteiger partial charge in [-0.1, -0.05) is 11.6 Å². The number of rotatable bonds is 6. The van der Waals surface area contributed by atoms with Crippen molar-refractivity contribution in [3.8, 4) is 0 Å². The molecule has 0 aliphatic carbocycles. The first-order valence-electron chi connectivity index (χ1n) is 5.91. The van der Waals surface area contributed by atoms with Crippen LogP contribution in [0.5, 0.6) is 0 Å². The number of aliphatic hydroxyl groups excluding tert-OH is 2. The van der Waals surface area contributed by atoms with E-state index in [4.69, 9.17) is 21.8 Å². The molecule has 0 heterocycles. The lowest BCUT2D eigenvalue weighted by Gasteiger charge is -2.22. The van der Waals surface area contributed by atoms with Crippen molar-refractivity contribution in [1.82, 2.24) is 4.90 Å². The molecule has 3 N–H and O–H groups in total. The van der Waals surface area contributed by atoms with Gasteiger partial charge in [-0.3, -0.25) is 0 Å². The Morgan fingerprint density at radius 1 is 1.25 bits per heavy atom. The van der Waals surface area contributed by atoms with E-state index >= 15 is 0 Å². The van der Waals surface area contributed by atoms with E-state index in [1.807, 2.05) is 0 Å². The Morgan fingerprint density at radius 3 is 2.50 bits per heavy atom. The molecule has 2 amide bonds. The van der Waals surface area contributed by atoms with E-state index in [1.54, 1.807) is 0 Å². The van der Waals surface area contributed by atoms with Gasteiger partial charge in [0.15, 0.2) is 5.82 Å². The predicted molar refractivity (Wildman–Crippen MR) is 70.7 cm³/mol. The maximum Gasteiger partial charge on any atom is 0.322 e. The van der Waals surface area contributed by atoms with Crippen LogP contribution >= 0.6 is 11.6 Å². The molecule has 0 radical (unpaired) electrons. The number of anilines is 1. The van der Waals surface area contributed by atoms with Crippen molar-refractivity contribution in [2.24, 2.45) is 0 Å². The van der Waals surface area contributed by atoms with E-state index in [2.05, 4.69) is 5.32 Å². The highest BCUT2D eigenvalue weighted by Gasteiger charge is 2.17. The van der Waals surface area contributed by atoms with Gasteiger partial charge in [0.2, 0.25) is 0 Å². The van der Waals surface area contributed by atoms with Crippen LogP contribution in [0, 0.1) is 11.6 Å². The molecule has 20 heavy (non-hydrogen) atoms. The number of hydrogen-bond donors (Lipinski definition) is 3. The number of nitrogens with one attached hydrogen (secondary N) is 1. The van der Waals surface area contributed by atoms with Gasteiger partial charge in [-0.25, -0.2) is 13.6 Å². The van der Waals surface area contributed by atoms with E-state index in [-0.39, 0.29) is 37.0 Å². The van der Waals surface area contributed by atoms with Crippen LogP contribution in [0.15, 0.2) is 12.1 Å². The van der Waals surface area contributed by atoms with Gasteiger partial charge in [-0.2, -0.15) is 0 Å². The summed E-state index contributed by atoms with van der Waals surface area (Å²) in [5.74, 6) is -1.84. The fourth-order valence-corrected chi connectivity index (χ4v) is 1.79. The summed E-state index contributed by atoms with van der Waals surface area (Å²) in [4.78, 5) is 13.1. The number of carbonyl (C=O) groups is 1. The molecule has 0 saturated heterocycles. The number of benzene rings is 1. The average Bonchev–Trinajstić information content (AvgIpc) is 2.38. The van der Waals surface area contributed by atoms with Crippen LogP contribution in [0.3, 0.4) is 0 Å². The highest BCUT2D eigenvalue weighted by atomic mass is 35.5. The second-order valence-corrected chi connectivity index (χ2v) is 4.37. The maximum atomic E-state index is 13.5. The molecule has 0 saturated carbocycles. The Labute approximate surface area is 119 Å². The molecule has 0 fully saturated rings. The van der Waals surface area contributed by atoms with E-state index in [9.17, 15) is 13.6 Å².